The van der Waals surface area contributed by atoms with Crippen LogP contribution in [0.1, 0.15) is 17.8 Å². The maximum absolute atomic E-state index is 12.9. The van der Waals surface area contributed by atoms with Gasteiger partial charge in [-0.15, -0.1) is 21.5 Å². The molecule has 0 spiro atoms. The van der Waals surface area contributed by atoms with E-state index in [0.717, 1.165) is 11.3 Å². The summed E-state index contributed by atoms with van der Waals surface area (Å²) in [5, 5.41) is 9.36. The van der Waals surface area contributed by atoms with E-state index in [2.05, 4.69) is 10.2 Å². The zero-order chi connectivity index (χ0) is 15.7. The first-order chi connectivity index (χ1) is 10.5. The van der Waals surface area contributed by atoms with Crippen LogP contribution in [0.2, 0.25) is 0 Å². The first-order valence-electron chi connectivity index (χ1n) is 6.55. The number of thiophene rings is 1. The van der Waals surface area contributed by atoms with Crippen LogP contribution >= 0.6 is 11.3 Å². The van der Waals surface area contributed by atoms with Gasteiger partial charge in [0.05, 0.1) is 20.3 Å². The fourth-order valence-corrected chi connectivity index (χ4v) is 5.19. The van der Waals surface area contributed by atoms with E-state index in [-0.39, 0.29) is 23.3 Å². The first-order valence-corrected chi connectivity index (χ1v) is 8.87. The van der Waals surface area contributed by atoms with Crippen molar-refractivity contribution in [2.24, 2.45) is 0 Å². The van der Waals surface area contributed by atoms with Crippen LogP contribution < -0.4 is 4.74 Å². The maximum Gasteiger partial charge on any atom is 0.257 e. The van der Waals surface area contributed by atoms with E-state index in [1.807, 2.05) is 0 Å². The molecule has 2 aromatic rings. The van der Waals surface area contributed by atoms with Gasteiger partial charge in [-0.2, -0.15) is 4.31 Å². The number of nitrogens with zero attached hydrogens (tertiary/aromatic N) is 3. The fourth-order valence-electron chi connectivity index (χ4n) is 2.25. The Kier molecular flexibility index (Phi) is 4.17. The number of morpholine rings is 1. The number of ether oxygens (including phenoxy) is 2. The summed E-state index contributed by atoms with van der Waals surface area (Å²) in [6, 6.07) is 0.996. The minimum absolute atomic E-state index is 0.165. The van der Waals surface area contributed by atoms with Crippen LogP contribution in [-0.2, 0) is 14.8 Å². The van der Waals surface area contributed by atoms with E-state index in [4.69, 9.17) is 13.9 Å². The molecule has 0 radical (unpaired) electrons. The largest absolute Gasteiger partial charge is 0.494 e. The Balaban J connectivity index is 2.00. The lowest BCUT2D eigenvalue weighted by Gasteiger charge is -2.32. The summed E-state index contributed by atoms with van der Waals surface area (Å²) in [6.07, 6.45) is 0. The SMILES string of the molecule is COc1ccsc1S(=O)(=O)N1CCOCC1c1nnc(C)o1. The Bertz CT molecular complexity index is 754. The predicted molar refractivity (Wildman–Crippen MR) is 77.4 cm³/mol. The first kappa shape index (κ1) is 15.4. The van der Waals surface area contributed by atoms with Crippen LogP contribution in [0.15, 0.2) is 20.1 Å². The molecule has 8 nitrogen and oxygen atoms in total. The maximum atomic E-state index is 12.9. The standard InChI is InChI=1S/C12H15N3O5S2/c1-8-13-14-11(20-8)9-7-19-5-4-15(9)22(16,17)12-10(18-2)3-6-21-12/h3,6,9H,4-5,7H2,1-2H3. The van der Waals surface area contributed by atoms with E-state index in [9.17, 15) is 8.42 Å². The third-order valence-corrected chi connectivity index (χ3v) is 6.60. The molecule has 0 aromatic carbocycles. The fraction of sp³-hybridized carbons (Fsp3) is 0.500. The molecule has 0 bridgehead atoms. The summed E-state index contributed by atoms with van der Waals surface area (Å²) < 4.78 is 43.3. The summed E-state index contributed by atoms with van der Waals surface area (Å²) in [7, 11) is -2.29. The van der Waals surface area contributed by atoms with Crippen molar-refractivity contribution in [1.29, 1.82) is 0 Å². The lowest BCUT2D eigenvalue weighted by Crippen LogP contribution is -2.43. The Morgan fingerprint density at radius 3 is 2.95 bits per heavy atom. The van der Waals surface area contributed by atoms with E-state index >= 15 is 0 Å². The molecule has 22 heavy (non-hydrogen) atoms. The average molecular weight is 345 g/mol. The van der Waals surface area contributed by atoms with Crippen molar-refractivity contribution in [3.8, 4) is 5.75 Å². The van der Waals surface area contributed by atoms with Crippen molar-refractivity contribution in [3.05, 3.63) is 23.2 Å². The average Bonchev–Trinajstić information content (AvgIpc) is 3.16. The molecule has 0 aliphatic carbocycles. The molecule has 0 amide bonds. The van der Waals surface area contributed by atoms with E-state index in [1.165, 1.54) is 11.4 Å². The molecule has 120 valence electrons. The molecule has 0 saturated carbocycles. The van der Waals surface area contributed by atoms with Crippen molar-refractivity contribution in [2.45, 2.75) is 17.2 Å². The minimum Gasteiger partial charge on any atom is -0.494 e. The van der Waals surface area contributed by atoms with Gasteiger partial charge >= 0.3 is 0 Å². The number of aromatic nitrogens is 2. The van der Waals surface area contributed by atoms with E-state index in [1.54, 1.807) is 18.4 Å². The molecule has 1 unspecified atom stereocenters. The van der Waals surface area contributed by atoms with Gasteiger partial charge in [-0.25, -0.2) is 8.42 Å². The quantitative estimate of drug-likeness (QED) is 0.822. The van der Waals surface area contributed by atoms with Gasteiger partial charge in [0.15, 0.2) is 4.21 Å². The molecular formula is C12H15N3O5S2. The van der Waals surface area contributed by atoms with Crippen LogP contribution in [0.5, 0.6) is 5.75 Å². The summed E-state index contributed by atoms with van der Waals surface area (Å²) >= 11 is 1.12. The minimum atomic E-state index is -3.73. The lowest BCUT2D eigenvalue weighted by molar-refractivity contribution is 0.0221. The molecular weight excluding hydrogens is 330 g/mol. The number of methoxy groups -OCH3 is 1. The summed E-state index contributed by atoms with van der Waals surface area (Å²) in [5.74, 6) is 0.944. The molecule has 3 heterocycles. The van der Waals surface area contributed by atoms with Crippen LogP contribution in [0.4, 0.5) is 0 Å². The Labute approximate surface area is 131 Å². The molecule has 10 heteroatoms. The van der Waals surface area contributed by atoms with Crippen molar-refractivity contribution in [3.63, 3.8) is 0 Å². The molecule has 1 fully saturated rings. The molecule has 2 aromatic heterocycles. The van der Waals surface area contributed by atoms with Crippen molar-refractivity contribution in [1.82, 2.24) is 14.5 Å². The highest BCUT2D eigenvalue weighted by Gasteiger charge is 2.39. The number of hydrogen-bond donors (Lipinski definition) is 0. The molecule has 1 aliphatic heterocycles. The summed E-state index contributed by atoms with van der Waals surface area (Å²) in [4.78, 5) is 0. The predicted octanol–water partition coefficient (Wildman–Crippen LogP) is 1.21. The van der Waals surface area contributed by atoms with Gasteiger partial charge in [0.25, 0.3) is 10.0 Å². The number of aryl methyl sites for hydroxylation is 1. The van der Waals surface area contributed by atoms with Gasteiger partial charge in [0.2, 0.25) is 11.8 Å². The van der Waals surface area contributed by atoms with Crippen molar-refractivity contribution >= 4 is 21.4 Å². The van der Waals surface area contributed by atoms with Crippen LogP contribution in [-0.4, -0.2) is 49.8 Å². The molecule has 1 saturated heterocycles. The second-order valence-electron chi connectivity index (χ2n) is 4.64. The van der Waals surface area contributed by atoms with E-state index in [0.29, 0.717) is 18.2 Å². The van der Waals surface area contributed by atoms with Crippen molar-refractivity contribution in [2.75, 3.05) is 26.9 Å². The molecule has 1 aliphatic rings. The topological polar surface area (TPSA) is 94.8 Å². The zero-order valence-electron chi connectivity index (χ0n) is 12.1. The number of sulfonamides is 1. The third kappa shape index (κ3) is 2.62. The van der Waals surface area contributed by atoms with Gasteiger partial charge in [-0.3, -0.25) is 0 Å². The third-order valence-electron chi connectivity index (χ3n) is 3.26. The monoisotopic (exact) mass is 345 g/mol. The summed E-state index contributed by atoms with van der Waals surface area (Å²) in [5.41, 5.74) is 0. The smallest absolute Gasteiger partial charge is 0.257 e. The van der Waals surface area contributed by atoms with Crippen LogP contribution in [0, 0.1) is 6.92 Å². The number of hydrogen-bond acceptors (Lipinski definition) is 8. The molecule has 0 N–H and O–H groups in total. The Morgan fingerprint density at radius 1 is 1.45 bits per heavy atom. The summed E-state index contributed by atoms with van der Waals surface area (Å²) in [6.45, 7) is 2.36. The van der Waals surface area contributed by atoms with Crippen LogP contribution in [0.3, 0.4) is 0 Å². The normalized spacial score (nSPS) is 20.2. The highest BCUT2D eigenvalue weighted by atomic mass is 32.2. The Morgan fingerprint density at radius 2 is 2.27 bits per heavy atom. The second kappa shape index (κ2) is 5.95. The van der Waals surface area contributed by atoms with Gasteiger partial charge in [0, 0.05) is 13.5 Å². The van der Waals surface area contributed by atoms with Gasteiger partial charge < -0.3 is 13.9 Å². The number of rotatable bonds is 4. The second-order valence-corrected chi connectivity index (χ2v) is 7.64. The van der Waals surface area contributed by atoms with Gasteiger partial charge in [-0.1, -0.05) is 0 Å². The van der Waals surface area contributed by atoms with Gasteiger partial charge in [0.1, 0.15) is 11.8 Å². The highest BCUT2D eigenvalue weighted by molar-refractivity contribution is 7.91. The van der Waals surface area contributed by atoms with E-state index < -0.39 is 16.1 Å². The molecule has 1 atom stereocenters. The lowest BCUT2D eigenvalue weighted by atomic mass is 10.3. The van der Waals surface area contributed by atoms with Crippen LogP contribution in [0.25, 0.3) is 0 Å². The van der Waals surface area contributed by atoms with Crippen molar-refractivity contribution < 1.29 is 22.3 Å². The molecule has 3 rings (SSSR count). The Hall–Kier alpha value is -1.49. The highest BCUT2D eigenvalue weighted by Crippen LogP contribution is 2.36. The van der Waals surface area contributed by atoms with Gasteiger partial charge in [-0.05, 0) is 11.4 Å². The zero-order valence-corrected chi connectivity index (χ0v) is 13.7.